The van der Waals surface area contributed by atoms with Crippen molar-refractivity contribution in [3.8, 4) is 0 Å². The van der Waals surface area contributed by atoms with E-state index in [0.717, 1.165) is 14.7 Å². The third-order valence-electron chi connectivity index (χ3n) is 2.11. The van der Waals surface area contributed by atoms with Gasteiger partial charge in [0.2, 0.25) is 0 Å². The predicted molar refractivity (Wildman–Crippen MR) is 64.5 cm³/mol. The molecule has 14 heavy (non-hydrogen) atoms. The highest BCUT2D eigenvalue weighted by Crippen LogP contribution is 2.17. The van der Waals surface area contributed by atoms with Gasteiger partial charge in [0.15, 0.2) is 0 Å². The summed E-state index contributed by atoms with van der Waals surface area (Å²) in [5.74, 6) is 0. The van der Waals surface area contributed by atoms with Gasteiger partial charge in [-0.1, -0.05) is 69.2 Å². The predicted octanol–water partition coefficient (Wildman–Crippen LogP) is 3.19. The van der Waals surface area contributed by atoms with Crippen molar-refractivity contribution >= 4 is 13.9 Å². The molecule has 0 amide bonds. The summed E-state index contributed by atoms with van der Waals surface area (Å²) in [6, 6.07) is 21.3. The maximum absolute atomic E-state index is 2.20. The van der Waals surface area contributed by atoms with E-state index in [0.29, 0.717) is 0 Å². The van der Waals surface area contributed by atoms with Crippen LogP contribution in [0.1, 0.15) is 5.56 Å². The summed E-state index contributed by atoms with van der Waals surface area (Å²) in [4.78, 5) is 0. The number of rotatable bonds is 3. The van der Waals surface area contributed by atoms with Gasteiger partial charge in [0.25, 0.3) is 0 Å². The van der Waals surface area contributed by atoms with Gasteiger partial charge in [0.05, 0.1) is 0 Å². The molecule has 0 spiro atoms. The quantitative estimate of drug-likeness (QED) is 0.667. The average Bonchev–Trinajstić information content (AvgIpc) is 2.29. The van der Waals surface area contributed by atoms with Crippen LogP contribution in [0.15, 0.2) is 60.7 Å². The van der Waals surface area contributed by atoms with Gasteiger partial charge >= 0.3 is 0 Å². The van der Waals surface area contributed by atoms with Gasteiger partial charge in [-0.2, -0.15) is 0 Å². The second kappa shape index (κ2) is 4.93. The van der Waals surface area contributed by atoms with Gasteiger partial charge < -0.3 is 0 Å². The molecule has 0 radical (unpaired) electrons. The summed E-state index contributed by atoms with van der Waals surface area (Å²) in [7, 11) is 0.882. The number of benzene rings is 2. The number of hydrogen-bond acceptors (Lipinski definition) is 0. The molecule has 0 fully saturated rings. The van der Waals surface area contributed by atoms with E-state index in [-0.39, 0.29) is 0 Å². The van der Waals surface area contributed by atoms with Crippen LogP contribution in [0, 0.1) is 0 Å². The summed E-state index contributed by atoms with van der Waals surface area (Å²) in [6.45, 7) is 0. The minimum absolute atomic E-state index is 0.882. The first kappa shape index (κ1) is 9.43. The van der Waals surface area contributed by atoms with Crippen LogP contribution in [-0.4, -0.2) is 0 Å². The Balaban J connectivity index is 1.96. The van der Waals surface area contributed by atoms with Gasteiger partial charge in [0, 0.05) is 0 Å². The topological polar surface area (TPSA) is 0 Å². The molecular weight excluding hydrogens is 187 g/mol. The maximum atomic E-state index is 2.20. The van der Waals surface area contributed by atoms with E-state index >= 15 is 0 Å². The van der Waals surface area contributed by atoms with Gasteiger partial charge in [-0.15, -0.1) is 0 Å². The Kier molecular flexibility index (Phi) is 3.32. The number of hydrogen-bond donors (Lipinski definition) is 0. The van der Waals surface area contributed by atoms with E-state index in [1.165, 1.54) is 10.9 Å². The first-order valence-corrected chi connectivity index (χ1v) is 5.99. The Hall–Kier alpha value is -1.13. The van der Waals surface area contributed by atoms with E-state index in [9.17, 15) is 0 Å². The van der Waals surface area contributed by atoms with Gasteiger partial charge in [-0.25, -0.2) is 0 Å². The van der Waals surface area contributed by atoms with Crippen molar-refractivity contribution in [1.29, 1.82) is 0 Å². The third-order valence-corrected chi connectivity index (χ3v) is 3.44. The lowest BCUT2D eigenvalue weighted by Crippen LogP contribution is -1.92. The second-order valence-electron chi connectivity index (χ2n) is 3.21. The first-order valence-electron chi connectivity index (χ1n) is 4.78. The fraction of sp³-hybridized carbons (Fsp3) is 0.0769. The molecule has 0 aromatic heterocycles. The fourth-order valence-electron chi connectivity index (χ4n) is 1.36. The maximum Gasteiger partial charge on any atom is -0.00602 e. The molecule has 1 unspecified atom stereocenters. The summed E-state index contributed by atoms with van der Waals surface area (Å²) in [6.07, 6.45) is 1.16. The Labute approximate surface area is 86.8 Å². The molecule has 0 aliphatic carbocycles. The van der Waals surface area contributed by atoms with Crippen LogP contribution in [0.3, 0.4) is 0 Å². The molecular formula is C13H13P. The molecule has 0 heterocycles. The summed E-state index contributed by atoms with van der Waals surface area (Å²) < 4.78 is 0. The molecule has 0 saturated heterocycles. The van der Waals surface area contributed by atoms with Gasteiger partial charge in [-0.3, -0.25) is 0 Å². The average molecular weight is 200 g/mol. The van der Waals surface area contributed by atoms with Crippen molar-refractivity contribution in [3.63, 3.8) is 0 Å². The van der Waals surface area contributed by atoms with E-state index in [1.54, 1.807) is 0 Å². The van der Waals surface area contributed by atoms with Gasteiger partial charge in [-0.05, 0) is 17.0 Å². The lowest BCUT2D eigenvalue weighted by molar-refractivity contribution is 1.41. The standard InChI is InChI=1S/C13H13P/c1-3-7-12(8-4-1)11-14-13-9-5-2-6-10-13/h1-10,14H,11H2. The minimum atomic E-state index is 0.882. The van der Waals surface area contributed by atoms with E-state index in [4.69, 9.17) is 0 Å². The van der Waals surface area contributed by atoms with Gasteiger partial charge in [0.1, 0.15) is 0 Å². The fourth-order valence-corrected chi connectivity index (χ4v) is 2.43. The first-order chi connectivity index (χ1) is 6.95. The molecule has 0 bridgehead atoms. The Morgan fingerprint density at radius 1 is 0.714 bits per heavy atom. The third kappa shape index (κ3) is 2.68. The summed E-state index contributed by atoms with van der Waals surface area (Å²) >= 11 is 0. The lowest BCUT2D eigenvalue weighted by Gasteiger charge is -2.01. The highest BCUT2D eigenvalue weighted by atomic mass is 31.1. The van der Waals surface area contributed by atoms with Crippen molar-refractivity contribution in [1.82, 2.24) is 0 Å². The molecule has 0 saturated carbocycles. The Bertz CT molecular complexity index is 327. The zero-order chi connectivity index (χ0) is 9.64. The van der Waals surface area contributed by atoms with Crippen molar-refractivity contribution < 1.29 is 0 Å². The van der Waals surface area contributed by atoms with E-state index in [1.807, 2.05) is 0 Å². The van der Waals surface area contributed by atoms with Crippen LogP contribution < -0.4 is 5.30 Å². The minimum Gasteiger partial charge on any atom is -0.0859 e. The molecule has 0 nitrogen and oxygen atoms in total. The highest BCUT2D eigenvalue weighted by molar-refractivity contribution is 7.46. The zero-order valence-corrected chi connectivity index (χ0v) is 8.98. The lowest BCUT2D eigenvalue weighted by atomic mass is 10.2. The summed E-state index contributed by atoms with van der Waals surface area (Å²) in [5, 5.41) is 1.44. The van der Waals surface area contributed by atoms with Crippen LogP contribution in [0.4, 0.5) is 0 Å². The van der Waals surface area contributed by atoms with Crippen molar-refractivity contribution in [2.75, 3.05) is 0 Å². The van der Waals surface area contributed by atoms with Crippen LogP contribution in [-0.2, 0) is 6.16 Å². The molecule has 0 aliphatic rings. The van der Waals surface area contributed by atoms with Crippen molar-refractivity contribution in [2.45, 2.75) is 6.16 Å². The largest absolute Gasteiger partial charge is 0.0859 e. The van der Waals surface area contributed by atoms with Crippen molar-refractivity contribution in [3.05, 3.63) is 66.2 Å². The molecule has 2 aromatic rings. The SMILES string of the molecule is c1ccc(CPc2ccccc2)cc1. The van der Waals surface area contributed by atoms with E-state index in [2.05, 4.69) is 60.7 Å². The Morgan fingerprint density at radius 2 is 1.29 bits per heavy atom. The highest BCUT2D eigenvalue weighted by Gasteiger charge is 1.92. The zero-order valence-electron chi connectivity index (χ0n) is 7.98. The van der Waals surface area contributed by atoms with Crippen LogP contribution in [0.25, 0.3) is 0 Å². The summed E-state index contributed by atoms with van der Waals surface area (Å²) in [5.41, 5.74) is 1.43. The Morgan fingerprint density at radius 3 is 1.93 bits per heavy atom. The smallest absolute Gasteiger partial charge is 0.00602 e. The molecule has 1 heteroatoms. The second-order valence-corrected chi connectivity index (χ2v) is 4.49. The van der Waals surface area contributed by atoms with Crippen LogP contribution in [0.2, 0.25) is 0 Å². The molecule has 0 aliphatic heterocycles. The molecule has 70 valence electrons. The molecule has 2 aromatic carbocycles. The van der Waals surface area contributed by atoms with Crippen LogP contribution >= 0.6 is 8.58 Å². The normalized spacial score (nSPS) is 10.9. The molecule has 2 rings (SSSR count). The van der Waals surface area contributed by atoms with E-state index < -0.39 is 0 Å². The van der Waals surface area contributed by atoms with Crippen molar-refractivity contribution in [2.24, 2.45) is 0 Å². The molecule has 1 atom stereocenters. The molecule has 0 N–H and O–H groups in total. The van der Waals surface area contributed by atoms with Crippen LogP contribution in [0.5, 0.6) is 0 Å². The monoisotopic (exact) mass is 200 g/mol.